The Bertz CT molecular complexity index is 466. The van der Waals surface area contributed by atoms with E-state index in [1.807, 2.05) is 0 Å². The van der Waals surface area contributed by atoms with Crippen LogP contribution in [-0.2, 0) is 4.74 Å². The van der Waals surface area contributed by atoms with Crippen LogP contribution in [-0.4, -0.2) is 25.4 Å². The van der Waals surface area contributed by atoms with Crippen LogP contribution in [0.25, 0.3) is 0 Å². The number of alkyl halides is 3. The third kappa shape index (κ3) is 2.79. The molecule has 0 radical (unpaired) electrons. The van der Waals surface area contributed by atoms with Gasteiger partial charge in [-0.3, -0.25) is 4.79 Å². The molecular formula is C11H8F4O3. The van der Waals surface area contributed by atoms with Gasteiger partial charge in [0.05, 0.1) is 19.1 Å². The van der Waals surface area contributed by atoms with Crippen molar-refractivity contribution in [1.29, 1.82) is 0 Å². The summed E-state index contributed by atoms with van der Waals surface area (Å²) in [6.45, 7) is 0.502. The quantitative estimate of drug-likeness (QED) is 0.621. The molecule has 0 spiro atoms. The van der Waals surface area contributed by atoms with Gasteiger partial charge in [0.1, 0.15) is 0 Å². The van der Waals surface area contributed by atoms with Crippen molar-refractivity contribution in [2.75, 3.05) is 13.2 Å². The summed E-state index contributed by atoms with van der Waals surface area (Å²) in [4.78, 5) is 11.7. The Kier molecular flexibility index (Phi) is 3.25. The van der Waals surface area contributed by atoms with Crippen LogP contribution in [0.5, 0.6) is 5.75 Å². The molecule has 1 saturated heterocycles. The minimum absolute atomic E-state index is 0.00956. The van der Waals surface area contributed by atoms with Crippen LogP contribution in [0.15, 0.2) is 18.2 Å². The molecule has 0 bridgehead atoms. The van der Waals surface area contributed by atoms with Crippen molar-refractivity contribution in [1.82, 2.24) is 0 Å². The summed E-state index contributed by atoms with van der Waals surface area (Å²) < 4.78 is 57.3. The number of hydrogen-bond donors (Lipinski definition) is 0. The van der Waals surface area contributed by atoms with Crippen LogP contribution in [0, 0.1) is 11.7 Å². The molecule has 1 aliphatic heterocycles. The predicted octanol–water partition coefficient (Wildman–Crippen LogP) is 2.55. The van der Waals surface area contributed by atoms with Gasteiger partial charge in [0.25, 0.3) is 0 Å². The fourth-order valence-corrected chi connectivity index (χ4v) is 1.48. The average molecular weight is 264 g/mol. The lowest BCUT2D eigenvalue weighted by Gasteiger charge is -2.24. The molecule has 0 saturated carbocycles. The Labute approximate surface area is 99.3 Å². The van der Waals surface area contributed by atoms with E-state index in [1.54, 1.807) is 0 Å². The van der Waals surface area contributed by atoms with Crippen molar-refractivity contribution in [3.8, 4) is 5.75 Å². The number of ketones is 1. The first kappa shape index (κ1) is 12.8. The van der Waals surface area contributed by atoms with Crippen molar-refractivity contribution in [2.45, 2.75) is 6.36 Å². The molecule has 1 aromatic carbocycles. The number of carbonyl (C=O) groups excluding carboxylic acids is 1. The molecule has 0 unspecified atom stereocenters. The molecule has 7 heteroatoms. The van der Waals surface area contributed by atoms with E-state index < -0.39 is 17.9 Å². The molecule has 0 N–H and O–H groups in total. The Morgan fingerprint density at radius 2 is 2.00 bits per heavy atom. The van der Waals surface area contributed by atoms with Crippen LogP contribution < -0.4 is 4.74 Å². The molecule has 98 valence electrons. The minimum Gasteiger partial charge on any atom is -0.403 e. The largest absolute Gasteiger partial charge is 0.573 e. The maximum absolute atomic E-state index is 13.3. The molecule has 0 atom stereocenters. The third-order valence-corrected chi connectivity index (χ3v) is 2.45. The molecule has 1 aromatic rings. The zero-order valence-corrected chi connectivity index (χ0v) is 8.96. The van der Waals surface area contributed by atoms with Crippen LogP contribution in [0.3, 0.4) is 0 Å². The Balaban J connectivity index is 2.16. The summed E-state index contributed by atoms with van der Waals surface area (Å²) >= 11 is 0. The van der Waals surface area contributed by atoms with E-state index in [0.717, 1.165) is 18.2 Å². The molecule has 18 heavy (non-hydrogen) atoms. The Morgan fingerprint density at radius 1 is 1.33 bits per heavy atom. The summed E-state index contributed by atoms with van der Waals surface area (Å²) in [6.07, 6.45) is -4.96. The Morgan fingerprint density at radius 3 is 2.44 bits per heavy atom. The van der Waals surface area contributed by atoms with Crippen molar-refractivity contribution < 1.29 is 31.8 Å². The molecule has 1 heterocycles. The van der Waals surface area contributed by atoms with Gasteiger partial charge >= 0.3 is 6.36 Å². The molecule has 2 rings (SSSR count). The topological polar surface area (TPSA) is 35.5 Å². The van der Waals surface area contributed by atoms with E-state index >= 15 is 0 Å². The fraction of sp³-hybridized carbons (Fsp3) is 0.364. The number of rotatable bonds is 3. The summed E-state index contributed by atoms with van der Waals surface area (Å²) in [5.41, 5.74) is 0.00956. The first-order valence-corrected chi connectivity index (χ1v) is 5.04. The van der Waals surface area contributed by atoms with Gasteiger partial charge in [-0.2, -0.15) is 0 Å². The molecule has 0 amide bonds. The summed E-state index contributed by atoms with van der Waals surface area (Å²) in [5.74, 6) is -2.88. The first-order chi connectivity index (χ1) is 8.37. The smallest absolute Gasteiger partial charge is 0.403 e. The first-order valence-electron chi connectivity index (χ1n) is 5.04. The lowest BCUT2D eigenvalue weighted by atomic mass is 9.96. The van der Waals surface area contributed by atoms with Gasteiger partial charge in [0.2, 0.25) is 0 Å². The zero-order chi connectivity index (χ0) is 13.3. The highest BCUT2D eigenvalue weighted by atomic mass is 19.4. The van der Waals surface area contributed by atoms with Crippen LogP contribution >= 0.6 is 0 Å². The third-order valence-electron chi connectivity index (χ3n) is 2.45. The minimum atomic E-state index is -4.96. The van der Waals surface area contributed by atoms with E-state index in [9.17, 15) is 22.4 Å². The van der Waals surface area contributed by atoms with E-state index in [2.05, 4.69) is 4.74 Å². The van der Waals surface area contributed by atoms with Gasteiger partial charge in [-0.15, -0.1) is 13.2 Å². The van der Waals surface area contributed by atoms with Gasteiger partial charge in [0, 0.05) is 5.56 Å². The lowest BCUT2D eigenvalue weighted by Crippen LogP contribution is -2.34. The van der Waals surface area contributed by atoms with Crippen LogP contribution in [0.1, 0.15) is 10.4 Å². The molecule has 1 aliphatic rings. The Hall–Kier alpha value is -1.63. The second kappa shape index (κ2) is 4.56. The highest BCUT2D eigenvalue weighted by molar-refractivity contribution is 5.98. The molecule has 3 nitrogen and oxygen atoms in total. The average Bonchev–Trinajstić information content (AvgIpc) is 2.16. The number of ether oxygens (including phenoxy) is 2. The van der Waals surface area contributed by atoms with Crippen LogP contribution in [0.2, 0.25) is 0 Å². The van der Waals surface area contributed by atoms with Crippen molar-refractivity contribution in [2.24, 2.45) is 5.92 Å². The number of hydrogen-bond acceptors (Lipinski definition) is 3. The summed E-state index contributed by atoms with van der Waals surface area (Å²) in [7, 11) is 0. The number of carbonyl (C=O) groups is 1. The van der Waals surface area contributed by atoms with Crippen molar-refractivity contribution >= 4 is 5.78 Å². The van der Waals surface area contributed by atoms with Gasteiger partial charge in [-0.05, 0) is 18.2 Å². The highest BCUT2D eigenvalue weighted by Crippen LogP contribution is 2.27. The molecule has 0 aliphatic carbocycles. The SMILES string of the molecule is O=C(c1ccc(OC(F)(F)F)c(F)c1)C1COC1. The van der Waals surface area contributed by atoms with E-state index in [1.165, 1.54) is 0 Å². The van der Waals surface area contributed by atoms with Gasteiger partial charge in [-0.25, -0.2) is 4.39 Å². The molecular weight excluding hydrogens is 256 g/mol. The normalized spacial score (nSPS) is 16.2. The van der Waals surface area contributed by atoms with Crippen molar-refractivity contribution in [3.05, 3.63) is 29.6 Å². The molecule has 1 fully saturated rings. The lowest BCUT2D eigenvalue weighted by molar-refractivity contribution is -0.275. The zero-order valence-electron chi connectivity index (χ0n) is 8.96. The second-order valence-electron chi connectivity index (χ2n) is 3.79. The van der Waals surface area contributed by atoms with E-state index in [4.69, 9.17) is 4.74 Å². The van der Waals surface area contributed by atoms with E-state index in [-0.39, 0.29) is 30.5 Å². The number of benzene rings is 1. The predicted molar refractivity (Wildman–Crippen MR) is 51.7 cm³/mol. The van der Waals surface area contributed by atoms with Crippen LogP contribution in [0.4, 0.5) is 17.6 Å². The highest BCUT2D eigenvalue weighted by Gasteiger charge is 2.33. The standard InChI is InChI=1S/C11H8F4O3/c12-8-3-6(10(16)7-4-17-5-7)1-2-9(8)18-11(13,14)15/h1-3,7H,4-5H2. The van der Waals surface area contributed by atoms with Crippen molar-refractivity contribution in [3.63, 3.8) is 0 Å². The number of halogens is 4. The molecule has 0 aromatic heterocycles. The van der Waals surface area contributed by atoms with Gasteiger partial charge in [-0.1, -0.05) is 0 Å². The number of Topliss-reactive ketones (excluding diaryl/α,β-unsaturated/α-hetero) is 1. The van der Waals surface area contributed by atoms with Gasteiger partial charge in [0.15, 0.2) is 17.3 Å². The van der Waals surface area contributed by atoms with E-state index in [0.29, 0.717) is 0 Å². The maximum atomic E-state index is 13.3. The summed E-state index contributed by atoms with van der Waals surface area (Å²) in [6, 6.07) is 2.63. The van der Waals surface area contributed by atoms with Gasteiger partial charge < -0.3 is 9.47 Å². The maximum Gasteiger partial charge on any atom is 0.573 e. The second-order valence-corrected chi connectivity index (χ2v) is 3.79. The fourth-order valence-electron chi connectivity index (χ4n) is 1.48. The monoisotopic (exact) mass is 264 g/mol. The summed E-state index contributed by atoms with van der Waals surface area (Å²) in [5, 5.41) is 0.